The number of anilines is 1. The number of ether oxygens (including phenoxy) is 3. The molecule has 0 heterocycles. The van der Waals surface area contributed by atoms with Crippen molar-refractivity contribution >= 4 is 17.7 Å². The third-order valence-electron chi connectivity index (χ3n) is 4.22. The Morgan fingerprint density at radius 1 is 0.897 bits per heavy atom. The van der Waals surface area contributed by atoms with Gasteiger partial charge in [0.05, 0.1) is 14.2 Å². The summed E-state index contributed by atoms with van der Waals surface area (Å²) in [6.07, 6.45) is 3.14. The number of hydrogen-bond donors (Lipinski definition) is 1. The normalized spacial score (nSPS) is 10.6. The molecule has 0 aliphatic rings. The minimum absolute atomic E-state index is 0.243. The van der Waals surface area contributed by atoms with Crippen LogP contribution in [0.2, 0.25) is 0 Å². The molecule has 0 saturated heterocycles. The topological polar surface area (TPSA) is 56.8 Å². The van der Waals surface area contributed by atoms with Crippen LogP contribution in [0.5, 0.6) is 17.2 Å². The molecule has 0 spiro atoms. The van der Waals surface area contributed by atoms with Gasteiger partial charge < -0.3 is 19.5 Å². The van der Waals surface area contributed by atoms with E-state index in [0.717, 1.165) is 16.9 Å². The smallest absolute Gasteiger partial charge is 0.248 e. The van der Waals surface area contributed by atoms with Gasteiger partial charge in [-0.3, -0.25) is 4.79 Å². The van der Waals surface area contributed by atoms with Gasteiger partial charge in [0.1, 0.15) is 23.9 Å². The van der Waals surface area contributed by atoms with Crippen molar-refractivity contribution in [3.05, 3.63) is 90.0 Å². The second kappa shape index (κ2) is 9.99. The number of rotatable bonds is 8. The number of amides is 1. The van der Waals surface area contributed by atoms with Crippen LogP contribution in [-0.4, -0.2) is 20.1 Å². The lowest BCUT2D eigenvalue weighted by Crippen LogP contribution is -2.07. The highest BCUT2D eigenvalue weighted by atomic mass is 16.5. The second-order valence-electron chi connectivity index (χ2n) is 6.23. The average molecular weight is 389 g/mol. The first-order valence-electron chi connectivity index (χ1n) is 9.16. The Hall–Kier alpha value is -3.73. The molecule has 148 valence electrons. The fourth-order valence-electron chi connectivity index (χ4n) is 2.69. The molecule has 0 aromatic heterocycles. The van der Waals surface area contributed by atoms with Crippen molar-refractivity contribution in [3.8, 4) is 17.2 Å². The number of carbonyl (C=O) groups is 1. The summed E-state index contributed by atoms with van der Waals surface area (Å²) in [5.74, 6) is 1.85. The molecule has 5 heteroatoms. The Morgan fingerprint density at radius 2 is 1.62 bits per heavy atom. The van der Waals surface area contributed by atoms with Crippen LogP contribution in [-0.2, 0) is 11.4 Å². The lowest BCUT2D eigenvalue weighted by molar-refractivity contribution is -0.111. The van der Waals surface area contributed by atoms with Gasteiger partial charge in [-0.25, -0.2) is 0 Å². The van der Waals surface area contributed by atoms with Crippen molar-refractivity contribution < 1.29 is 19.0 Å². The van der Waals surface area contributed by atoms with Crippen molar-refractivity contribution in [1.82, 2.24) is 0 Å². The van der Waals surface area contributed by atoms with Gasteiger partial charge >= 0.3 is 0 Å². The number of methoxy groups -OCH3 is 2. The fourth-order valence-corrected chi connectivity index (χ4v) is 2.69. The van der Waals surface area contributed by atoms with Crippen LogP contribution in [0.4, 0.5) is 5.69 Å². The molecule has 5 nitrogen and oxygen atoms in total. The van der Waals surface area contributed by atoms with E-state index in [1.165, 1.54) is 6.08 Å². The quantitative estimate of drug-likeness (QED) is 0.555. The highest BCUT2D eigenvalue weighted by molar-refractivity contribution is 6.02. The van der Waals surface area contributed by atoms with Gasteiger partial charge in [-0.1, -0.05) is 30.3 Å². The van der Waals surface area contributed by atoms with Crippen molar-refractivity contribution in [3.63, 3.8) is 0 Å². The monoisotopic (exact) mass is 389 g/mol. The molecule has 0 atom stereocenters. The first-order valence-corrected chi connectivity index (χ1v) is 9.16. The van der Waals surface area contributed by atoms with Crippen molar-refractivity contribution in [1.29, 1.82) is 0 Å². The largest absolute Gasteiger partial charge is 0.497 e. The Kier molecular flexibility index (Phi) is 6.90. The summed E-state index contributed by atoms with van der Waals surface area (Å²) >= 11 is 0. The molecule has 29 heavy (non-hydrogen) atoms. The molecule has 0 fully saturated rings. The van der Waals surface area contributed by atoms with Crippen LogP contribution in [0.25, 0.3) is 6.08 Å². The van der Waals surface area contributed by atoms with Gasteiger partial charge in [0.25, 0.3) is 0 Å². The van der Waals surface area contributed by atoms with Crippen LogP contribution in [0, 0.1) is 0 Å². The van der Waals surface area contributed by atoms with Crippen LogP contribution in [0.3, 0.4) is 0 Å². The van der Waals surface area contributed by atoms with Crippen molar-refractivity contribution in [2.24, 2.45) is 0 Å². The summed E-state index contributed by atoms with van der Waals surface area (Å²) in [5.41, 5.74) is 2.54. The summed E-state index contributed by atoms with van der Waals surface area (Å²) in [5, 5.41) is 2.83. The third-order valence-corrected chi connectivity index (χ3v) is 4.22. The van der Waals surface area contributed by atoms with Crippen molar-refractivity contribution in [2.75, 3.05) is 19.5 Å². The Bertz CT molecular complexity index is 966. The molecule has 3 aromatic carbocycles. The zero-order valence-corrected chi connectivity index (χ0v) is 16.4. The zero-order chi connectivity index (χ0) is 20.5. The fraction of sp³-hybridized carbons (Fsp3) is 0.125. The molecule has 0 radical (unpaired) electrons. The summed E-state index contributed by atoms with van der Waals surface area (Å²) in [4.78, 5) is 12.2. The van der Waals surface area contributed by atoms with E-state index >= 15 is 0 Å². The summed E-state index contributed by atoms with van der Waals surface area (Å²) < 4.78 is 16.3. The average Bonchev–Trinajstić information content (AvgIpc) is 2.77. The molecule has 3 aromatic rings. The molecule has 0 aliphatic carbocycles. The van der Waals surface area contributed by atoms with Gasteiger partial charge in [0.15, 0.2) is 0 Å². The summed E-state index contributed by atoms with van der Waals surface area (Å²) in [6, 6.07) is 22.6. The lowest BCUT2D eigenvalue weighted by atomic mass is 10.1. The Labute approximate surface area is 170 Å². The van der Waals surface area contributed by atoms with E-state index in [1.807, 2.05) is 48.5 Å². The maximum atomic E-state index is 12.2. The van der Waals surface area contributed by atoms with Gasteiger partial charge in [-0.15, -0.1) is 0 Å². The van der Waals surface area contributed by atoms with E-state index in [9.17, 15) is 4.79 Å². The molecule has 0 saturated carbocycles. The number of hydrogen-bond acceptors (Lipinski definition) is 4. The zero-order valence-electron chi connectivity index (χ0n) is 16.4. The first-order chi connectivity index (χ1) is 14.2. The maximum absolute atomic E-state index is 12.2. The van der Waals surface area contributed by atoms with Gasteiger partial charge in [0.2, 0.25) is 5.91 Å². The molecular formula is C24H23NO4. The number of carbonyl (C=O) groups excluding carboxylic acids is 1. The van der Waals surface area contributed by atoms with Crippen LogP contribution < -0.4 is 19.5 Å². The van der Waals surface area contributed by atoms with Crippen LogP contribution in [0.15, 0.2) is 78.9 Å². The molecule has 0 unspecified atom stereocenters. The van der Waals surface area contributed by atoms with E-state index in [1.54, 1.807) is 44.6 Å². The number of benzene rings is 3. The first kappa shape index (κ1) is 20.0. The highest BCUT2D eigenvalue weighted by Gasteiger charge is 2.04. The predicted molar refractivity (Wildman–Crippen MR) is 114 cm³/mol. The van der Waals surface area contributed by atoms with Crippen molar-refractivity contribution in [2.45, 2.75) is 6.61 Å². The Balaban J connectivity index is 1.57. The second-order valence-corrected chi connectivity index (χ2v) is 6.23. The number of nitrogens with one attached hydrogen (secondary N) is 1. The van der Waals surface area contributed by atoms with E-state index < -0.39 is 0 Å². The maximum Gasteiger partial charge on any atom is 0.248 e. The van der Waals surface area contributed by atoms with Gasteiger partial charge in [-0.2, -0.15) is 0 Å². The lowest BCUT2D eigenvalue weighted by Gasteiger charge is -2.08. The van der Waals surface area contributed by atoms with Crippen LogP contribution in [0.1, 0.15) is 11.1 Å². The molecule has 3 rings (SSSR count). The highest BCUT2D eigenvalue weighted by Crippen LogP contribution is 2.25. The van der Waals surface area contributed by atoms with E-state index in [-0.39, 0.29) is 5.91 Å². The molecule has 1 N–H and O–H groups in total. The van der Waals surface area contributed by atoms with Crippen LogP contribution >= 0.6 is 0 Å². The standard InChI is InChI=1S/C24H23NO4/c1-27-22-13-14-23(28-2)19(16-22)8-15-24(26)25-20-9-11-21(12-10-20)29-17-18-6-4-3-5-7-18/h3-16H,17H2,1-2H3,(H,25,26)/b15-8+. The SMILES string of the molecule is COc1ccc(OC)c(/C=C/C(=O)Nc2ccc(OCc3ccccc3)cc2)c1. The Morgan fingerprint density at radius 3 is 2.31 bits per heavy atom. The molecule has 1 amide bonds. The predicted octanol–water partition coefficient (Wildman–Crippen LogP) is 4.93. The minimum atomic E-state index is -0.243. The van der Waals surface area contributed by atoms with Gasteiger partial charge in [0, 0.05) is 17.3 Å². The van der Waals surface area contributed by atoms with E-state index in [2.05, 4.69) is 5.32 Å². The minimum Gasteiger partial charge on any atom is -0.497 e. The molecule has 0 bridgehead atoms. The van der Waals surface area contributed by atoms with Gasteiger partial charge in [-0.05, 0) is 54.1 Å². The summed E-state index contributed by atoms with van der Waals surface area (Å²) in [6.45, 7) is 0.498. The summed E-state index contributed by atoms with van der Waals surface area (Å²) in [7, 11) is 3.18. The van der Waals surface area contributed by atoms with E-state index in [4.69, 9.17) is 14.2 Å². The molecular weight excluding hydrogens is 366 g/mol. The molecule has 0 aliphatic heterocycles. The third kappa shape index (κ3) is 5.87. The van der Waals surface area contributed by atoms with E-state index in [0.29, 0.717) is 23.8 Å².